The van der Waals surface area contributed by atoms with E-state index in [4.69, 9.17) is 9.47 Å². The zero-order valence-corrected chi connectivity index (χ0v) is 19.0. The van der Waals surface area contributed by atoms with Gasteiger partial charge >= 0.3 is 0 Å². The highest BCUT2D eigenvalue weighted by Crippen LogP contribution is 2.33. The molecule has 33 heavy (non-hydrogen) atoms. The molecule has 2 fully saturated rings. The third-order valence-electron chi connectivity index (χ3n) is 6.18. The minimum Gasteiger partial charge on any atom is -0.487 e. The monoisotopic (exact) mass is 476 g/mol. The fourth-order valence-corrected chi connectivity index (χ4v) is 6.30. The Morgan fingerprint density at radius 1 is 1.09 bits per heavy atom. The van der Waals surface area contributed by atoms with Gasteiger partial charge in [-0.2, -0.15) is 4.31 Å². The number of nitrogens with zero attached hydrogens (tertiary/aromatic N) is 3. The maximum atomic E-state index is 13.4. The van der Waals surface area contributed by atoms with Crippen molar-refractivity contribution >= 4 is 21.7 Å². The van der Waals surface area contributed by atoms with E-state index in [0.717, 1.165) is 11.4 Å². The quantitative estimate of drug-likeness (QED) is 0.451. The highest BCUT2D eigenvalue weighted by molar-refractivity contribution is 7.91. The van der Waals surface area contributed by atoms with Crippen molar-refractivity contribution in [2.45, 2.75) is 24.2 Å². The first kappa shape index (κ1) is 23.4. The molecule has 4 rings (SSSR count). The number of ether oxygens (including phenoxy) is 2. The molecule has 2 saturated heterocycles. The summed E-state index contributed by atoms with van der Waals surface area (Å²) in [5.41, 5.74) is 2.61. The topological polar surface area (TPSA) is 121 Å². The van der Waals surface area contributed by atoms with Crippen LogP contribution in [0.4, 0.5) is 5.82 Å². The minimum absolute atomic E-state index is 0.00788. The molecule has 2 aliphatic heterocycles. The first-order chi connectivity index (χ1) is 16.0. The number of benzene rings is 1. The van der Waals surface area contributed by atoms with Gasteiger partial charge in [-0.05, 0) is 17.7 Å². The van der Waals surface area contributed by atoms with Crippen molar-refractivity contribution < 1.29 is 27.9 Å². The van der Waals surface area contributed by atoms with Crippen LogP contribution in [-0.4, -0.2) is 73.0 Å². The van der Waals surface area contributed by atoms with E-state index in [9.17, 15) is 18.4 Å². The lowest BCUT2D eigenvalue weighted by Crippen LogP contribution is -2.62. The number of hydrogen-bond acceptors (Lipinski definition) is 8. The third-order valence-corrected chi connectivity index (χ3v) is 8.81. The number of hydroxylamine groups is 1. The van der Waals surface area contributed by atoms with Crippen LogP contribution < -0.4 is 15.1 Å². The second kappa shape index (κ2) is 10.0. The van der Waals surface area contributed by atoms with Crippen LogP contribution in [0.5, 0.6) is 5.75 Å². The number of rotatable bonds is 7. The van der Waals surface area contributed by atoms with Crippen molar-refractivity contribution in [2.24, 2.45) is 0 Å². The number of piperazine rings is 1. The molecular formula is C22H28N4O6S. The number of sulfonamides is 1. The SMILES string of the molecule is O=C(NO)C1(S(=O)(=O)N2CCN(c3ccc(OCc4ccccc4)cn3)CC2)CCOCC1. The van der Waals surface area contributed by atoms with E-state index in [1.165, 1.54) is 4.31 Å². The Morgan fingerprint density at radius 2 is 1.79 bits per heavy atom. The predicted octanol–water partition coefficient (Wildman–Crippen LogP) is 1.17. The molecule has 0 unspecified atom stereocenters. The van der Waals surface area contributed by atoms with Crippen LogP contribution in [0.25, 0.3) is 0 Å². The van der Waals surface area contributed by atoms with E-state index >= 15 is 0 Å². The van der Waals surface area contributed by atoms with Gasteiger partial charge in [-0.15, -0.1) is 0 Å². The first-order valence-corrected chi connectivity index (χ1v) is 12.3. The molecule has 3 heterocycles. The van der Waals surface area contributed by atoms with Gasteiger partial charge in [0, 0.05) is 52.2 Å². The zero-order valence-electron chi connectivity index (χ0n) is 18.2. The molecular weight excluding hydrogens is 448 g/mol. The molecule has 2 N–H and O–H groups in total. The molecule has 0 atom stereocenters. The Bertz CT molecular complexity index is 1030. The molecule has 0 spiro atoms. The van der Waals surface area contributed by atoms with Crippen molar-refractivity contribution in [3.63, 3.8) is 0 Å². The van der Waals surface area contributed by atoms with Crippen LogP contribution in [0.15, 0.2) is 48.7 Å². The number of hydrogen-bond donors (Lipinski definition) is 2. The maximum absolute atomic E-state index is 13.4. The molecule has 0 aliphatic carbocycles. The molecule has 10 nitrogen and oxygen atoms in total. The molecule has 1 aromatic carbocycles. The van der Waals surface area contributed by atoms with E-state index in [0.29, 0.717) is 25.4 Å². The summed E-state index contributed by atoms with van der Waals surface area (Å²) in [4.78, 5) is 18.8. The van der Waals surface area contributed by atoms with Gasteiger partial charge in [0.1, 0.15) is 18.2 Å². The maximum Gasteiger partial charge on any atom is 0.266 e. The number of carbonyl (C=O) groups is 1. The normalized spacial score (nSPS) is 19.1. The second-order valence-corrected chi connectivity index (χ2v) is 10.3. The van der Waals surface area contributed by atoms with Crippen molar-refractivity contribution in [2.75, 3.05) is 44.3 Å². The van der Waals surface area contributed by atoms with Gasteiger partial charge in [0.15, 0.2) is 4.75 Å². The van der Waals surface area contributed by atoms with Crippen LogP contribution in [0.2, 0.25) is 0 Å². The number of aromatic nitrogens is 1. The number of anilines is 1. The molecule has 0 saturated carbocycles. The Kier molecular flexibility index (Phi) is 7.13. The Labute approximate surface area is 193 Å². The summed E-state index contributed by atoms with van der Waals surface area (Å²) in [5, 5.41) is 9.18. The van der Waals surface area contributed by atoms with E-state index in [2.05, 4.69) is 4.98 Å². The molecule has 0 bridgehead atoms. The van der Waals surface area contributed by atoms with E-state index in [1.54, 1.807) is 11.7 Å². The molecule has 1 amide bonds. The lowest BCUT2D eigenvalue weighted by atomic mass is 9.98. The summed E-state index contributed by atoms with van der Waals surface area (Å²) >= 11 is 0. The summed E-state index contributed by atoms with van der Waals surface area (Å²) in [7, 11) is -3.99. The smallest absolute Gasteiger partial charge is 0.266 e. The molecule has 178 valence electrons. The standard InChI is InChI=1S/C22H28N4O6S/c27-21(24-28)22(8-14-31-15-9-22)33(29,30)26-12-10-25(11-13-26)20-7-6-19(16-23-20)32-17-18-4-2-1-3-5-18/h1-7,16,28H,8-15,17H2,(H,24,27). The fraction of sp³-hybridized carbons (Fsp3) is 0.455. The Morgan fingerprint density at radius 3 is 2.39 bits per heavy atom. The van der Waals surface area contributed by atoms with E-state index in [-0.39, 0.29) is 39.1 Å². The predicted molar refractivity (Wildman–Crippen MR) is 120 cm³/mol. The summed E-state index contributed by atoms with van der Waals surface area (Å²) in [6.45, 7) is 2.06. The molecule has 1 aromatic heterocycles. The van der Waals surface area contributed by atoms with Crippen molar-refractivity contribution in [3.05, 3.63) is 54.2 Å². The summed E-state index contributed by atoms with van der Waals surface area (Å²) < 4.78 is 37.4. The molecule has 11 heteroatoms. The molecule has 2 aromatic rings. The van der Waals surface area contributed by atoms with Gasteiger partial charge in [0.2, 0.25) is 10.0 Å². The third kappa shape index (κ3) is 4.81. The summed E-state index contributed by atoms with van der Waals surface area (Å²) in [5.74, 6) is 0.481. The highest BCUT2D eigenvalue weighted by Gasteiger charge is 2.54. The number of amides is 1. The number of carbonyl (C=O) groups excluding carboxylic acids is 1. The van der Waals surface area contributed by atoms with Crippen LogP contribution in [0, 0.1) is 0 Å². The van der Waals surface area contributed by atoms with Gasteiger partial charge < -0.3 is 14.4 Å². The lowest BCUT2D eigenvalue weighted by molar-refractivity contribution is -0.134. The highest BCUT2D eigenvalue weighted by atomic mass is 32.2. The van der Waals surface area contributed by atoms with Crippen molar-refractivity contribution in [3.8, 4) is 5.75 Å². The van der Waals surface area contributed by atoms with Gasteiger partial charge in [-0.3, -0.25) is 10.0 Å². The van der Waals surface area contributed by atoms with E-state index < -0.39 is 20.7 Å². The average Bonchev–Trinajstić information content (AvgIpc) is 2.88. The number of pyridine rings is 1. The van der Waals surface area contributed by atoms with Crippen LogP contribution in [0.1, 0.15) is 18.4 Å². The molecule has 2 aliphatic rings. The summed E-state index contributed by atoms with van der Waals surface area (Å²) in [6.07, 6.45) is 1.67. The van der Waals surface area contributed by atoms with E-state index in [1.807, 2.05) is 47.4 Å². The first-order valence-electron chi connectivity index (χ1n) is 10.9. The molecule has 0 radical (unpaired) electrons. The summed E-state index contributed by atoms with van der Waals surface area (Å²) in [6, 6.07) is 13.5. The van der Waals surface area contributed by atoms with Gasteiger partial charge in [0.05, 0.1) is 6.20 Å². The second-order valence-electron chi connectivity index (χ2n) is 8.07. The minimum atomic E-state index is -3.99. The van der Waals surface area contributed by atoms with Gasteiger partial charge in [-0.25, -0.2) is 18.9 Å². The van der Waals surface area contributed by atoms with Crippen LogP contribution in [-0.2, 0) is 26.2 Å². The van der Waals surface area contributed by atoms with Crippen molar-refractivity contribution in [1.82, 2.24) is 14.8 Å². The van der Waals surface area contributed by atoms with Gasteiger partial charge in [-0.1, -0.05) is 30.3 Å². The number of nitrogens with one attached hydrogen (secondary N) is 1. The zero-order chi connectivity index (χ0) is 23.3. The average molecular weight is 477 g/mol. The Hall–Kier alpha value is -2.73. The van der Waals surface area contributed by atoms with Gasteiger partial charge in [0.25, 0.3) is 5.91 Å². The van der Waals surface area contributed by atoms with Crippen LogP contribution in [0.3, 0.4) is 0 Å². The lowest BCUT2D eigenvalue weighted by Gasteiger charge is -2.41. The Balaban J connectivity index is 1.37. The largest absolute Gasteiger partial charge is 0.487 e. The fourth-order valence-electron chi connectivity index (χ4n) is 4.20. The van der Waals surface area contributed by atoms with Crippen molar-refractivity contribution in [1.29, 1.82) is 0 Å². The van der Waals surface area contributed by atoms with Crippen LogP contribution >= 0.6 is 0 Å².